The third-order valence-corrected chi connectivity index (χ3v) is 6.03. The summed E-state index contributed by atoms with van der Waals surface area (Å²) in [5.74, 6) is -0.492. The molecule has 1 aliphatic heterocycles. The number of benzene rings is 3. The lowest BCUT2D eigenvalue weighted by atomic mass is 9.94. The first-order valence-corrected chi connectivity index (χ1v) is 10.1. The second-order valence-electron chi connectivity index (χ2n) is 7.84. The molecule has 1 aliphatic rings. The molecular formula is C24H21FN4O2. The van der Waals surface area contributed by atoms with E-state index >= 15 is 4.39 Å². The van der Waals surface area contributed by atoms with Crippen LogP contribution in [0.15, 0.2) is 42.5 Å². The molecule has 6 nitrogen and oxygen atoms in total. The normalized spacial score (nSPS) is 14.2. The molecule has 3 aromatic carbocycles. The number of aliphatic hydroxyl groups excluding tert-OH is 2. The van der Waals surface area contributed by atoms with E-state index in [2.05, 4.69) is 11.2 Å². The van der Waals surface area contributed by atoms with Gasteiger partial charge in [0.15, 0.2) is 6.19 Å². The monoisotopic (exact) mass is 416 g/mol. The van der Waals surface area contributed by atoms with Crippen LogP contribution in [0.5, 0.6) is 0 Å². The number of anilines is 1. The van der Waals surface area contributed by atoms with Crippen molar-refractivity contribution in [3.05, 3.63) is 65.0 Å². The highest BCUT2D eigenvalue weighted by Gasteiger charge is 2.24. The van der Waals surface area contributed by atoms with E-state index in [1.807, 2.05) is 36.4 Å². The summed E-state index contributed by atoms with van der Waals surface area (Å²) in [5, 5.41) is 30.2. The van der Waals surface area contributed by atoms with Crippen molar-refractivity contribution in [2.24, 2.45) is 5.73 Å². The van der Waals surface area contributed by atoms with Crippen molar-refractivity contribution in [1.82, 2.24) is 4.98 Å². The number of aromatic nitrogens is 1. The van der Waals surface area contributed by atoms with E-state index in [4.69, 9.17) is 5.73 Å². The molecule has 0 saturated heterocycles. The number of nitrogens with two attached hydrogens (primary N) is 1. The van der Waals surface area contributed by atoms with Gasteiger partial charge in [0.25, 0.3) is 0 Å². The number of rotatable bonds is 4. The summed E-state index contributed by atoms with van der Waals surface area (Å²) in [4.78, 5) is 4.90. The van der Waals surface area contributed by atoms with E-state index < -0.39 is 12.0 Å². The van der Waals surface area contributed by atoms with Crippen molar-refractivity contribution in [3.8, 4) is 17.3 Å². The van der Waals surface area contributed by atoms with E-state index in [1.165, 1.54) is 6.07 Å². The number of H-pyrrole nitrogens is 1. The number of fused-ring (bicyclic) bond motifs is 4. The molecule has 5 rings (SSSR count). The number of aliphatic hydroxyl groups is 2. The number of halogens is 1. The number of nitriles is 1. The minimum absolute atomic E-state index is 0.0307. The maximum absolute atomic E-state index is 15.5. The van der Waals surface area contributed by atoms with Crippen LogP contribution in [0.4, 0.5) is 10.1 Å². The summed E-state index contributed by atoms with van der Waals surface area (Å²) >= 11 is 0. The summed E-state index contributed by atoms with van der Waals surface area (Å²) in [6.45, 7) is 0.648. The third kappa shape index (κ3) is 3.04. The van der Waals surface area contributed by atoms with E-state index in [0.29, 0.717) is 35.0 Å². The molecule has 7 heteroatoms. The average molecular weight is 416 g/mol. The van der Waals surface area contributed by atoms with Crippen LogP contribution >= 0.6 is 0 Å². The maximum Gasteiger partial charge on any atom is 0.184 e. The zero-order valence-corrected chi connectivity index (χ0v) is 16.7. The largest absolute Gasteiger partial charge is 0.396 e. The highest BCUT2D eigenvalue weighted by Crippen LogP contribution is 2.41. The van der Waals surface area contributed by atoms with Gasteiger partial charge in [-0.1, -0.05) is 24.3 Å². The fourth-order valence-electron chi connectivity index (χ4n) is 4.56. The lowest BCUT2D eigenvalue weighted by Gasteiger charge is -2.14. The van der Waals surface area contributed by atoms with Crippen molar-refractivity contribution in [3.63, 3.8) is 0 Å². The Balaban J connectivity index is 1.83. The lowest BCUT2D eigenvalue weighted by Crippen LogP contribution is -2.12. The van der Waals surface area contributed by atoms with Crippen molar-refractivity contribution in [2.45, 2.75) is 19.1 Å². The zero-order chi connectivity index (χ0) is 21.7. The Bertz CT molecular complexity index is 1370. The Morgan fingerprint density at radius 2 is 2.06 bits per heavy atom. The molecule has 1 unspecified atom stereocenters. The standard InChI is InChI=1S/C24H21FN4O2/c25-18-11-17(24(27)31)23-22(16-4-1-13(6-8-30)9-19(16)28-23)21(18)15-3-2-14-5-7-29(12-26)20(14)10-15/h1-4,9-11,24,28,30-31H,5-8,27H2. The third-order valence-electron chi connectivity index (χ3n) is 6.03. The molecular weight excluding hydrogens is 395 g/mol. The van der Waals surface area contributed by atoms with Gasteiger partial charge >= 0.3 is 0 Å². The number of aromatic amines is 1. The molecule has 0 radical (unpaired) electrons. The minimum Gasteiger partial charge on any atom is -0.396 e. The molecule has 156 valence electrons. The Kier molecular flexibility index (Phi) is 4.63. The summed E-state index contributed by atoms with van der Waals surface area (Å²) in [5.41, 5.74) is 11.2. The van der Waals surface area contributed by atoms with Crippen LogP contribution in [0.25, 0.3) is 32.9 Å². The zero-order valence-electron chi connectivity index (χ0n) is 16.7. The van der Waals surface area contributed by atoms with Gasteiger partial charge in [0.05, 0.1) is 11.2 Å². The smallest absolute Gasteiger partial charge is 0.184 e. The van der Waals surface area contributed by atoms with E-state index in [-0.39, 0.29) is 12.2 Å². The van der Waals surface area contributed by atoms with E-state index in [9.17, 15) is 15.5 Å². The van der Waals surface area contributed by atoms with Crippen molar-refractivity contribution >= 4 is 27.5 Å². The molecule has 31 heavy (non-hydrogen) atoms. The van der Waals surface area contributed by atoms with Crippen LogP contribution in [-0.2, 0) is 12.8 Å². The molecule has 0 amide bonds. The van der Waals surface area contributed by atoms with Gasteiger partial charge < -0.3 is 20.9 Å². The van der Waals surface area contributed by atoms with E-state index in [0.717, 1.165) is 34.1 Å². The fraction of sp³-hybridized carbons (Fsp3) is 0.208. The van der Waals surface area contributed by atoms with Gasteiger partial charge in [-0.15, -0.1) is 0 Å². The number of nitrogens with one attached hydrogen (secondary N) is 1. The first kappa shape index (κ1) is 19.5. The highest BCUT2D eigenvalue weighted by atomic mass is 19.1. The molecule has 2 heterocycles. The number of hydrogen-bond donors (Lipinski definition) is 4. The molecule has 0 saturated carbocycles. The molecule has 0 fully saturated rings. The highest BCUT2D eigenvalue weighted by molar-refractivity contribution is 6.15. The van der Waals surface area contributed by atoms with Gasteiger partial charge in [0.2, 0.25) is 0 Å². The second kappa shape index (κ2) is 7.36. The summed E-state index contributed by atoms with van der Waals surface area (Å²) in [6.07, 6.45) is 2.12. The predicted octanol–water partition coefficient (Wildman–Crippen LogP) is 3.46. The first-order chi connectivity index (χ1) is 15.0. The minimum atomic E-state index is -1.34. The summed E-state index contributed by atoms with van der Waals surface area (Å²) in [6, 6.07) is 12.6. The topological polar surface area (TPSA) is 109 Å². The van der Waals surface area contributed by atoms with Crippen LogP contribution in [0.2, 0.25) is 0 Å². The molecule has 1 aromatic heterocycles. The van der Waals surface area contributed by atoms with Gasteiger partial charge in [-0.2, -0.15) is 5.26 Å². The second-order valence-corrected chi connectivity index (χ2v) is 7.84. The van der Waals surface area contributed by atoms with Crippen LogP contribution in [0, 0.1) is 17.3 Å². The molecule has 1 atom stereocenters. The van der Waals surface area contributed by atoms with Gasteiger partial charge in [-0.25, -0.2) is 4.39 Å². The average Bonchev–Trinajstić information content (AvgIpc) is 3.33. The number of hydrogen-bond acceptors (Lipinski definition) is 5. The van der Waals surface area contributed by atoms with Crippen molar-refractivity contribution in [2.75, 3.05) is 18.1 Å². The van der Waals surface area contributed by atoms with Crippen molar-refractivity contribution < 1.29 is 14.6 Å². The quantitative estimate of drug-likeness (QED) is 0.301. The summed E-state index contributed by atoms with van der Waals surface area (Å²) < 4.78 is 15.5. The Labute approximate surface area is 177 Å². The van der Waals surface area contributed by atoms with Crippen molar-refractivity contribution in [1.29, 1.82) is 5.26 Å². The number of nitrogens with zero attached hydrogens (tertiary/aromatic N) is 2. The Morgan fingerprint density at radius 1 is 1.23 bits per heavy atom. The molecule has 5 N–H and O–H groups in total. The molecule has 0 spiro atoms. The predicted molar refractivity (Wildman–Crippen MR) is 118 cm³/mol. The van der Waals surface area contributed by atoms with Gasteiger partial charge in [0.1, 0.15) is 12.0 Å². The molecule has 4 aromatic rings. The van der Waals surface area contributed by atoms with Crippen LogP contribution in [0.3, 0.4) is 0 Å². The summed E-state index contributed by atoms with van der Waals surface area (Å²) in [7, 11) is 0. The van der Waals surface area contributed by atoms with Crippen LogP contribution < -0.4 is 10.6 Å². The lowest BCUT2D eigenvalue weighted by molar-refractivity contribution is 0.187. The molecule has 0 bridgehead atoms. The van der Waals surface area contributed by atoms with Gasteiger partial charge in [-0.3, -0.25) is 4.90 Å². The maximum atomic E-state index is 15.5. The Hall–Kier alpha value is -3.44. The van der Waals surface area contributed by atoms with E-state index in [1.54, 1.807) is 4.90 Å². The van der Waals surface area contributed by atoms with Crippen LogP contribution in [0.1, 0.15) is 22.9 Å². The van der Waals surface area contributed by atoms with Gasteiger partial charge in [0, 0.05) is 40.6 Å². The SMILES string of the molecule is N#CN1CCc2ccc(-c3c(F)cc(C(N)O)c4[nH]c5cc(CCO)ccc5c34)cc21. The van der Waals surface area contributed by atoms with Crippen LogP contribution in [-0.4, -0.2) is 28.3 Å². The Morgan fingerprint density at radius 3 is 2.81 bits per heavy atom. The molecule has 0 aliphatic carbocycles. The van der Waals surface area contributed by atoms with Gasteiger partial charge in [-0.05, 0) is 47.7 Å². The fourth-order valence-corrected chi connectivity index (χ4v) is 4.56. The first-order valence-electron chi connectivity index (χ1n) is 10.1.